The van der Waals surface area contributed by atoms with Crippen LogP contribution in [0.25, 0.3) is 0 Å². The molecule has 6 aliphatic rings. The second kappa shape index (κ2) is 15.7. The molecule has 61 heavy (non-hydrogen) atoms. The minimum absolute atomic E-state index is 0.00672. The van der Waals surface area contributed by atoms with Gasteiger partial charge >= 0.3 is 12.3 Å². The number of amides is 3. The van der Waals surface area contributed by atoms with E-state index in [9.17, 15) is 40.7 Å². The van der Waals surface area contributed by atoms with Gasteiger partial charge in [0.2, 0.25) is 17.7 Å². The van der Waals surface area contributed by atoms with Crippen molar-refractivity contribution in [3.8, 4) is 5.88 Å². The Hall–Kier alpha value is -5.61. The number of ether oxygens (including phenoxy) is 2. The highest BCUT2D eigenvalue weighted by Crippen LogP contribution is 2.55. The normalized spacial score (nSPS) is 28.6. The van der Waals surface area contributed by atoms with E-state index in [1.54, 1.807) is 24.3 Å². The molecule has 5 aliphatic carbocycles. The fraction of sp³-hybridized carbons (Fsp3) is 0.477. The first-order chi connectivity index (χ1) is 29.2. The lowest BCUT2D eigenvalue weighted by Gasteiger charge is -2.33. The molecule has 3 N–H and O–H groups in total. The number of methoxy groups -OCH3 is 1. The summed E-state index contributed by atoms with van der Waals surface area (Å²) < 4.78 is 94.0. The van der Waals surface area contributed by atoms with Crippen molar-refractivity contribution < 1.29 is 55.0 Å². The Kier molecular flexibility index (Phi) is 10.5. The molecule has 3 aromatic rings. The monoisotopic (exact) mass is 851 g/mol. The van der Waals surface area contributed by atoms with Crippen molar-refractivity contribution in [2.75, 3.05) is 17.7 Å². The molecule has 1 aromatic heterocycles. The minimum Gasteiger partial charge on any atom is -0.480 e. The summed E-state index contributed by atoms with van der Waals surface area (Å²) in [6, 6.07) is 11.9. The SMILES string of the molecule is COc1ncc(C2=NOC3CC(C(OC(=O)Nc4ccccc4)C4CC4)CC23)cc1C(=O)N[C@@H]1C2CCC(/C2=C/C2CC(F)(F)C2)[C@@H]1C(=O)Nc1ccc(F)c(C(F)(F)F)c1. The number of fused-ring (bicyclic) bond motifs is 3. The summed E-state index contributed by atoms with van der Waals surface area (Å²) in [5.41, 5.74) is 0.634. The lowest BCUT2D eigenvalue weighted by atomic mass is 9.79. The summed E-state index contributed by atoms with van der Waals surface area (Å²) in [6.07, 6.45) is 0.593. The second-order valence-electron chi connectivity index (χ2n) is 17.1. The molecule has 2 aromatic carbocycles. The van der Waals surface area contributed by atoms with E-state index < -0.39 is 71.1 Å². The topological polar surface area (TPSA) is 140 Å². The van der Waals surface area contributed by atoms with Crippen molar-refractivity contribution in [1.82, 2.24) is 10.3 Å². The Morgan fingerprint density at radius 1 is 0.918 bits per heavy atom. The van der Waals surface area contributed by atoms with E-state index in [1.165, 1.54) is 13.3 Å². The van der Waals surface area contributed by atoms with Gasteiger partial charge in [0.05, 0.1) is 24.3 Å². The van der Waals surface area contributed by atoms with Crippen molar-refractivity contribution in [3.05, 3.63) is 95.0 Å². The molecule has 5 saturated carbocycles. The fourth-order valence-corrected chi connectivity index (χ4v) is 10.3. The second-order valence-corrected chi connectivity index (χ2v) is 17.1. The lowest BCUT2D eigenvalue weighted by Crippen LogP contribution is -2.48. The number of carbonyl (C=O) groups excluding carboxylic acids is 3. The van der Waals surface area contributed by atoms with Gasteiger partial charge in [-0.25, -0.2) is 22.9 Å². The molecule has 11 nitrogen and oxygen atoms in total. The zero-order valence-electron chi connectivity index (χ0n) is 32.9. The third-order valence-corrected chi connectivity index (χ3v) is 13.2. The maximum Gasteiger partial charge on any atom is 0.419 e. The molecule has 5 fully saturated rings. The quantitative estimate of drug-likeness (QED) is 0.130. The standard InChI is InChI=1S/C44H43F6N5O6/c1-59-41-31(15-24(20-51-41)36-30-14-23(16-34(30)61-55-36)38(22-7-8-22)60-42(58)53-25-5-3-2-4-6-25)39(56)54-37-28-11-10-27(29(28)13-21-18-43(46,47)19-21)35(37)40(57)52-26-9-12-33(45)32(17-26)44(48,49)50/h2-6,9,12-13,15,17,20-23,27-28,30,34-35,37-38H,7-8,10-11,14,16,18-19H2,1H3,(H,52,57)(H,53,58)(H,54,56)/b29-13-/t23?,27?,28?,30?,34?,35-,37+,38?/m0/s1. The van der Waals surface area contributed by atoms with Crippen LogP contribution in [0.2, 0.25) is 0 Å². The number of nitrogens with one attached hydrogen (secondary N) is 3. The van der Waals surface area contributed by atoms with E-state index in [0.29, 0.717) is 54.8 Å². The fourth-order valence-electron chi connectivity index (χ4n) is 10.3. The van der Waals surface area contributed by atoms with Crippen LogP contribution in [0.3, 0.4) is 0 Å². The molecule has 0 spiro atoms. The summed E-state index contributed by atoms with van der Waals surface area (Å²) >= 11 is 0. The van der Waals surface area contributed by atoms with Gasteiger partial charge < -0.3 is 24.9 Å². The lowest BCUT2D eigenvalue weighted by molar-refractivity contribution is -0.140. The zero-order chi connectivity index (χ0) is 42.8. The van der Waals surface area contributed by atoms with E-state index in [4.69, 9.17) is 14.3 Å². The van der Waals surface area contributed by atoms with Gasteiger partial charge in [-0.2, -0.15) is 13.2 Å². The summed E-state index contributed by atoms with van der Waals surface area (Å²) in [6.45, 7) is 0. The highest BCUT2D eigenvalue weighted by atomic mass is 19.4. The van der Waals surface area contributed by atoms with Crippen LogP contribution in [-0.4, -0.2) is 59.9 Å². The zero-order valence-corrected chi connectivity index (χ0v) is 32.9. The number of hydrogen-bond donors (Lipinski definition) is 3. The largest absolute Gasteiger partial charge is 0.480 e. The number of oxime groups is 1. The van der Waals surface area contributed by atoms with Crippen LogP contribution in [0, 0.1) is 47.2 Å². The predicted octanol–water partition coefficient (Wildman–Crippen LogP) is 8.77. The van der Waals surface area contributed by atoms with Crippen LogP contribution in [0.4, 0.5) is 42.5 Å². The summed E-state index contributed by atoms with van der Waals surface area (Å²) in [5, 5.41) is 12.7. The van der Waals surface area contributed by atoms with Gasteiger partial charge in [-0.15, -0.1) is 0 Å². The van der Waals surface area contributed by atoms with Gasteiger partial charge in [-0.1, -0.05) is 35.0 Å². The molecule has 9 rings (SSSR count). The van der Waals surface area contributed by atoms with E-state index in [-0.39, 0.29) is 59.9 Å². The van der Waals surface area contributed by atoms with Crippen LogP contribution in [0.1, 0.15) is 72.9 Å². The highest BCUT2D eigenvalue weighted by Gasteiger charge is 2.56. The molecule has 0 radical (unpaired) electrons. The van der Waals surface area contributed by atoms with E-state index in [0.717, 1.165) is 24.5 Å². The minimum atomic E-state index is -5.01. The Balaban J connectivity index is 0.939. The number of para-hydroxylation sites is 1. The smallest absolute Gasteiger partial charge is 0.419 e. The first kappa shape index (κ1) is 40.8. The third kappa shape index (κ3) is 8.14. The number of pyridine rings is 1. The van der Waals surface area contributed by atoms with Crippen LogP contribution >= 0.6 is 0 Å². The molecule has 3 amide bonds. The van der Waals surface area contributed by atoms with E-state index >= 15 is 0 Å². The van der Waals surface area contributed by atoms with Gasteiger partial charge in [0, 0.05) is 59.8 Å². The van der Waals surface area contributed by atoms with Crippen molar-refractivity contribution >= 4 is 35.0 Å². The number of carbonyl (C=O) groups is 3. The van der Waals surface area contributed by atoms with Gasteiger partial charge in [-0.05, 0) is 92.7 Å². The number of anilines is 2. The molecular weight excluding hydrogens is 809 g/mol. The maximum absolute atomic E-state index is 14.3. The molecule has 8 atom stereocenters. The van der Waals surface area contributed by atoms with Crippen molar-refractivity contribution in [2.24, 2.45) is 46.6 Å². The van der Waals surface area contributed by atoms with Gasteiger partial charge in [0.25, 0.3) is 5.91 Å². The molecule has 2 bridgehead atoms. The van der Waals surface area contributed by atoms with Crippen molar-refractivity contribution in [1.29, 1.82) is 0 Å². The summed E-state index contributed by atoms with van der Waals surface area (Å²) in [7, 11) is 1.35. The molecular formula is C44H43F6N5O6. The van der Waals surface area contributed by atoms with Gasteiger partial charge in [0.1, 0.15) is 23.6 Å². The Morgan fingerprint density at radius 2 is 1.67 bits per heavy atom. The molecule has 17 heteroatoms. The summed E-state index contributed by atoms with van der Waals surface area (Å²) in [4.78, 5) is 51.6. The molecule has 1 aliphatic heterocycles. The Morgan fingerprint density at radius 3 is 2.38 bits per heavy atom. The average molecular weight is 852 g/mol. The number of allylic oxidation sites excluding steroid dienone is 1. The van der Waals surface area contributed by atoms with E-state index in [1.807, 2.05) is 18.2 Å². The van der Waals surface area contributed by atoms with E-state index in [2.05, 4.69) is 26.1 Å². The van der Waals surface area contributed by atoms with Gasteiger partial charge in [-0.3, -0.25) is 14.9 Å². The van der Waals surface area contributed by atoms with Crippen molar-refractivity contribution in [2.45, 2.75) is 81.7 Å². The predicted molar refractivity (Wildman–Crippen MR) is 208 cm³/mol. The van der Waals surface area contributed by atoms with Gasteiger partial charge in [0.15, 0.2) is 0 Å². The van der Waals surface area contributed by atoms with Crippen molar-refractivity contribution in [3.63, 3.8) is 0 Å². The first-order valence-electron chi connectivity index (χ1n) is 20.5. The molecule has 6 unspecified atom stereocenters. The number of alkyl halides is 5. The molecule has 0 saturated heterocycles. The number of rotatable bonds is 11. The third-order valence-electron chi connectivity index (χ3n) is 13.2. The first-order valence-corrected chi connectivity index (χ1v) is 20.5. The number of benzene rings is 2. The average Bonchev–Trinajstić information content (AvgIpc) is 3.52. The summed E-state index contributed by atoms with van der Waals surface area (Å²) in [5.74, 6) is -7.94. The van der Waals surface area contributed by atoms with Crippen LogP contribution < -0.4 is 20.7 Å². The molecule has 2 heterocycles. The Bertz CT molecular complexity index is 2280. The number of aromatic nitrogens is 1. The Labute approximate surface area is 346 Å². The number of nitrogens with zero attached hydrogens (tertiary/aromatic N) is 2. The number of hydrogen-bond acceptors (Lipinski definition) is 8. The number of halogens is 6. The van der Waals surface area contributed by atoms with Crippen LogP contribution in [0.15, 0.2) is 77.6 Å². The maximum atomic E-state index is 14.3. The molecule has 322 valence electrons. The van der Waals surface area contributed by atoms with Crippen LogP contribution in [0.5, 0.6) is 5.88 Å². The highest BCUT2D eigenvalue weighted by molar-refractivity contribution is 6.06. The van der Waals surface area contributed by atoms with Crippen LogP contribution in [-0.2, 0) is 20.5 Å².